The molecule has 1 aromatic carbocycles. The average molecular weight is 312 g/mol. The van der Waals surface area contributed by atoms with E-state index in [-0.39, 0.29) is 28.6 Å². The maximum Gasteiger partial charge on any atom is 0.288 e. The second-order valence-electron chi connectivity index (χ2n) is 5.47. The van der Waals surface area contributed by atoms with Crippen molar-refractivity contribution in [2.75, 3.05) is 5.32 Å². The number of benzene rings is 1. The number of halogens is 1. The number of hydrogen-bond acceptors (Lipinski definition) is 4. The van der Waals surface area contributed by atoms with Gasteiger partial charge in [0.2, 0.25) is 5.91 Å². The monoisotopic (exact) mass is 311 g/mol. The third-order valence-electron chi connectivity index (χ3n) is 3.98. The van der Waals surface area contributed by atoms with Crippen molar-refractivity contribution < 1.29 is 9.72 Å². The van der Waals surface area contributed by atoms with Gasteiger partial charge in [0.1, 0.15) is 5.02 Å². The van der Waals surface area contributed by atoms with E-state index in [1.54, 1.807) is 13.0 Å². The van der Waals surface area contributed by atoms with Crippen LogP contribution in [0.5, 0.6) is 0 Å². The lowest BCUT2D eigenvalue weighted by Gasteiger charge is -2.28. The summed E-state index contributed by atoms with van der Waals surface area (Å²) in [6, 6.07) is 3.30. The number of carbonyl (C=O) groups excluding carboxylic acids is 1. The number of aryl methyl sites for hydroxylation is 1. The molecule has 1 fully saturated rings. The standard InChI is InChI=1S/C14H18ClN3O3/c1-8-6-13(18(20)21)11(15)7-12(8)17-10-4-2-9(3-5-10)14(16)19/h6-7,9-10,17H,2-5H2,1H3,(H2,16,19). The molecule has 6 nitrogen and oxygen atoms in total. The van der Waals surface area contributed by atoms with Gasteiger partial charge in [0.05, 0.1) is 4.92 Å². The second kappa shape index (κ2) is 6.30. The number of nitrogens with two attached hydrogens (primary N) is 1. The molecule has 21 heavy (non-hydrogen) atoms. The van der Waals surface area contributed by atoms with Gasteiger partial charge in [0.25, 0.3) is 5.69 Å². The Morgan fingerprint density at radius 3 is 2.52 bits per heavy atom. The normalized spacial score (nSPS) is 21.8. The summed E-state index contributed by atoms with van der Waals surface area (Å²) >= 11 is 5.94. The molecule has 1 aliphatic carbocycles. The number of nitro benzene ring substituents is 1. The number of rotatable bonds is 4. The number of carbonyl (C=O) groups is 1. The number of amides is 1. The molecule has 0 bridgehead atoms. The van der Waals surface area contributed by atoms with Gasteiger partial charge < -0.3 is 11.1 Å². The summed E-state index contributed by atoms with van der Waals surface area (Å²) in [5.41, 5.74) is 6.81. The quantitative estimate of drug-likeness (QED) is 0.659. The molecule has 1 aliphatic rings. The number of anilines is 1. The first kappa shape index (κ1) is 15.6. The van der Waals surface area contributed by atoms with Gasteiger partial charge in [0, 0.05) is 23.7 Å². The van der Waals surface area contributed by atoms with Crippen LogP contribution in [0.25, 0.3) is 0 Å². The summed E-state index contributed by atoms with van der Waals surface area (Å²) in [5, 5.41) is 14.3. The lowest BCUT2D eigenvalue weighted by Crippen LogP contribution is -2.32. The highest BCUT2D eigenvalue weighted by molar-refractivity contribution is 6.33. The van der Waals surface area contributed by atoms with Crippen molar-refractivity contribution in [1.29, 1.82) is 0 Å². The maximum atomic E-state index is 11.1. The number of nitro groups is 1. The van der Waals surface area contributed by atoms with Crippen LogP contribution in [0.15, 0.2) is 12.1 Å². The highest BCUT2D eigenvalue weighted by Gasteiger charge is 2.25. The van der Waals surface area contributed by atoms with E-state index in [1.165, 1.54) is 6.07 Å². The lowest BCUT2D eigenvalue weighted by atomic mass is 9.85. The summed E-state index contributed by atoms with van der Waals surface area (Å²) in [6.45, 7) is 1.81. The predicted molar refractivity (Wildman–Crippen MR) is 81.4 cm³/mol. The number of nitrogens with zero attached hydrogens (tertiary/aromatic N) is 1. The molecule has 3 N–H and O–H groups in total. The highest BCUT2D eigenvalue weighted by Crippen LogP contribution is 2.33. The van der Waals surface area contributed by atoms with Crippen LogP contribution in [-0.2, 0) is 4.79 Å². The Hall–Kier alpha value is -1.82. The summed E-state index contributed by atoms with van der Waals surface area (Å²) in [5.74, 6) is -0.271. The minimum atomic E-state index is -0.489. The molecule has 0 aromatic heterocycles. The topological polar surface area (TPSA) is 98.3 Å². The SMILES string of the molecule is Cc1cc([N+](=O)[O-])c(Cl)cc1NC1CCC(C(N)=O)CC1. The molecule has 1 aromatic rings. The van der Waals surface area contributed by atoms with Gasteiger partial charge in [-0.1, -0.05) is 11.6 Å². The molecule has 0 unspecified atom stereocenters. The minimum Gasteiger partial charge on any atom is -0.382 e. The number of nitrogens with one attached hydrogen (secondary N) is 1. The van der Waals surface area contributed by atoms with Crippen LogP contribution in [0, 0.1) is 23.0 Å². The molecule has 0 atom stereocenters. The van der Waals surface area contributed by atoms with E-state index in [4.69, 9.17) is 17.3 Å². The average Bonchev–Trinajstić information content (AvgIpc) is 2.42. The zero-order valence-electron chi connectivity index (χ0n) is 11.8. The Balaban J connectivity index is 2.06. The van der Waals surface area contributed by atoms with E-state index in [2.05, 4.69) is 5.32 Å². The van der Waals surface area contributed by atoms with Gasteiger partial charge in [-0.25, -0.2) is 0 Å². The van der Waals surface area contributed by atoms with Crippen LogP contribution < -0.4 is 11.1 Å². The molecule has 7 heteroatoms. The molecule has 1 amide bonds. The van der Waals surface area contributed by atoms with Gasteiger partial charge in [-0.2, -0.15) is 0 Å². The molecule has 0 aliphatic heterocycles. The third kappa shape index (κ3) is 3.64. The van der Waals surface area contributed by atoms with Crippen molar-refractivity contribution in [2.24, 2.45) is 11.7 Å². The predicted octanol–water partition coefficient (Wildman–Crippen LogP) is 3.01. The van der Waals surface area contributed by atoms with E-state index in [0.717, 1.165) is 36.9 Å². The van der Waals surface area contributed by atoms with Crippen molar-refractivity contribution in [3.63, 3.8) is 0 Å². The van der Waals surface area contributed by atoms with E-state index in [9.17, 15) is 14.9 Å². The first-order chi connectivity index (χ1) is 9.88. The smallest absolute Gasteiger partial charge is 0.288 e. The van der Waals surface area contributed by atoms with Gasteiger partial charge in [0.15, 0.2) is 0 Å². The zero-order valence-corrected chi connectivity index (χ0v) is 12.5. The van der Waals surface area contributed by atoms with E-state index in [0.29, 0.717) is 0 Å². The first-order valence-corrected chi connectivity index (χ1v) is 7.26. The molecule has 1 saturated carbocycles. The van der Waals surface area contributed by atoms with Crippen molar-refractivity contribution >= 4 is 28.9 Å². The minimum absolute atomic E-state index is 0.0374. The van der Waals surface area contributed by atoms with Crippen molar-refractivity contribution in [2.45, 2.75) is 38.6 Å². The summed E-state index contributed by atoms with van der Waals surface area (Å²) in [4.78, 5) is 21.5. The Kier molecular flexibility index (Phi) is 4.67. The Bertz CT molecular complexity index is 569. The van der Waals surface area contributed by atoms with Crippen LogP contribution in [0.2, 0.25) is 5.02 Å². The van der Waals surface area contributed by atoms with Crippen LogP contribution in [0.4, 0.5) is 11.4 Å². The Morgan fingerprint density at radius 1 is 1.38 bits per heavy atom. The molecular formula is C14H18ClN3O3. The zero-order chi connectivity index (χ0) is 15.6. The molecule has 2 rings (SSSR count). The molecule has 0 spiro atoms. The number of primary amides is 1. The van der Waals surface area contributed by atoms with Crippen molar-refractivity contribution in [3.05, 3.63) is 32.8 Å². The van der Waals surface area contributed by atoms with Crippen LogP contribution in [0.3, 0.4) is 0 Å². The van der Waals surface area contributed by atoms with E-state index < -0.39 is 4.92 Å². The van der Waals surface area contributed by atoms with Gasteiger partial charge in [-0.05, 0) is 44.2 Å². The van der Waals surface area contributed by atoms with Crippen LogP contribution in [-0.4, -0.2) is 16.9 Å². The van der Waals surface area contributed by atoms with E-state index >= 15 is 0 Å². The largest absolute Gasteiger partial charge is 0.382 e. The van der Waals surface area contributed by atoms with Gasteiger partial charge >= 0.3 is 0 Å². The molecule has 0 heterocycles. The van der Waals surface area contributed by atoms with Gasteiger partial charge in [-0.15, -0.1) is 0 Å². The Morgan fingerprint density at radius 2 is 2.00 bits per heavy atom. The lowest BCUT2D eigenvalue weighted by molar-refractivity contribution is -0.384. The Labute approximate surface area is 127 Å². The molecule has 114 valence electrons. The molecule has 0 radical (unpaired) electrons. The fraction of sp³-hybridized carbons (Fsp3) is 0.500. The van der Waals surface area contributed by atoms with Crippen molar-refractivity contribution in [3.8, 4) is 0 Å². The summed E-state index contributed by atoms with van der Waals surface area (Å²) < 4.78 is 0. The summed E-state index contributed by atoms with van der Waals surface area (Å²) in [7, 11) is 0. The van der Waals surface area contributed by atoms with E-state index in [1.807, 2.05) is 0 Å². The highest BCUT2D eigenvalue weighted by atomic mass is 35.5. The van der Waals surface area contributed by atoms with Crippen molar-refractivity contribution in [1.82, 2.24) is 0 Å². The molecule has 0 saturated heterocycles. The fourth-order valence-corrected chi connectivity index (χ4v) is 2.94. The third-order valence-corrected chi connectivity index (χ3v) is 4.28. The van der Waals surface area contributed by atoms with Crippen LogP contribution in [0.1, 0.15) is 31.2 Å². The van der Waals surface area contributed by atoms with Crippen LogP contribution >= 0.6 is 11.6 Å². The fourth-order valence-electron chi connectivity index (χ4n) is 2.70. The maximum absolute atomic E-state index is 11.1. The number of hydrogen-bond donors (Lipinski definition) is 2. The van der Waals surface area contributed by atoms with Gasteiger partial charge in [-0.3, -0.25) is 14.9 Å². The molecular weight excluding hydrogens is 294 g/mol. The summed E-state index contributed by atoms with van der Waals surface area (Å²) in [6.07, 6.45) is 3.24. The second-order valence-corrected chi connectivity index (χ2v) is 5.88. The first-order valence-electron chi connectivity index (χ1n) is 6.89.